The van der Waals surface area contributed by atoms with Crippen LogP contribution in [0.2, 0.25) is 0 Å². The maximum absolute atomic E-state index is 13.9. The van der Waals surface area contributed by atoms with E-state index in [1.54, 1.807) is 32.4 Å². The minimum absolute atomic E-state index is 0.276. The molecule has 0 bridgehead atoms. The van der Waals surface area contributed by atoms with E-state index in [1.807, 2.05) is 18.2 Å². The normalized spacial score (nSPS) is 10.7. The van der Waals surface area contributed by atoms with Crippen molar-refractivity contribution < 1.29 is 13.9 Å². The Kier molecular flexibility index (Phi) is 5.08. The number of hydrogen-bond acceptors (Lipinski definition) is 6. The first kappa shape index (κ1) is 17.1. The summed E-state index contributed by atoms with van der Waals surface area (Å²) in [5, 5.41) is 8.54. The average molecular weight is 360 g/mol. The van der Waals surface area contributed by atoms with Crippen LogP contribution < -0.4 is 15.3 Å². The lowest BCUT2D eigenvalue weighted by atomic mass is 10.2. The molecule has 2 aromatic carbocycles. The molecule has 0 fully saturated rings. The highest BCUT2D eigenvalue weighted by Crippen LogP contribution is 2.31. The second kappa shape index (κ2) is 7.43. The summed E-state index contributed by atoms with van der Waals surface area (Å²) in [5.41, 5.74) is 1.24. The van der Waals surface area contributed by atoms with E-state index >= 15 is 0 Å². The van der Waals surface area contributed by atoms with Crippen LogP contribution in [0, 0.1) is 5.82 Å². The molecule has 0 unspecified atom stereocenters. The number of thioether (sulfide) groups is 1. The van der Waals surface area contributed by atoms with E-state index in [9.17, 15) is 4.39 Å². The molecule has 130 valence electrons. The number of nitrogen functional groups attached to an aromatic ring is 1. The zero-order valence-electron chi connectivity index (χ0n) is 13.8. The standard InChI is InChI=1S/C17H17FN4O2S/c1-23-12-7-8-15(24-2)11(9-12)10-25-17-21-20-16(22(17)19)13-5-3-4-6-14(13)18/h3-9H,10,19H2,1-2H3. The Labute approximate surface area is 148 Å². The van der Waals surface area contributed by atoms with Gasteiger partial charge in [0.05, 0.1) is 19.8 Å². The van der Waals surface area contributed by atoms with Crippen LogP contribution in [0.25, 0.3) is 11.4 Å². The van der Waals surface area contributed by atoms with Crippen LogP contribution in [0.3, 0.4) is 0 Å². The Morgan fingerprint density at radius 1 is 1.12 bits per heavy atom. The maximum atomic E-state index is 13.9. The fourth-order valence-corrected chi connectivity index (χ4v) is 3.17. The first-order valence-electron chi connectivity index (χ1n) is 7.43. The lowest BCUT2D eigenvalue weighted by Gasteiger charge is -2.10. The van der Waals surface area contributed by atoms with Crippen molar-refractivity contribution in [3.63, 3.8) is 0 Å². The second-order valence-electron chi connectivity index (χ2n) is 5.12. The van der Waals surface area contributed by atoms with Crippen LogP contribution in [0.1, 0.15) is 5.56 Å². The Balaban J connectivity index is 1.83. The van der Waals surface area contributed by atoms with E-state index in [4.69, 9.17) is 15.3 Å². The molecule has 1 aromatic heterocycles. The number of rotatable bonds is 6. The zero-order chi connectivity index (χ0) is 17.8. The molecule has 0 spiro atoms. The summed E-state index contributed by atoms with van der Waals surface area (Å²) in [5.74, 6) is 7.95. The van der Waals surface area contributed by atoms with Gasteiger partial charge in [0.15, 0.2) is 5.82 Å². The van der Waals surface area contributed by atoms with Gasteiger partial charge < -0.3 is 15.3 Å². The summed E-state index contributed by atoms with van der Waals surface area (Å²) < 4.78 is 25.8. The summed E-state index contributed by atoms with van der Waals surface area (Å²) in [6.45, 7) is 0. The quantitative estimate of drug-likeness (QED) is 0.538. The van der Waals surface area contributed by atoms with Gasteiger partial charge in [0.1, 0.15) is 17.3 Å². The molecule has 0 amide bonds. The molecule has 2 N–H and O–H groups in total. The van der Waals surface area contributed by atoms with Gasteiger partial charge in [-0.2, -0.15) is 0 Å². The third kappa shape index (κ3) is 3.53. The monoisotopic (exact) mass is 360 g/mol. The van der Waals surface area contributed by atoms with E-state index in [-0.39, 0.29) is 5.82 Å². The van der Waals surface area contributed by atoms with Gasteiger partial charge in [-0.3, -0.25) is 0 Å². The fourth-order valence-electron chi connectivity index (χ4n) is 2.34. The van der Waals surface area contributed by atoms with Crippen LogP contribution in [-0.4, -0.2) is 29.1 Å². The van der Waals surface area contributed by atoms with Crippen LogP contribution in [0.5, 0.6) is 11.5 Å². The minimum Gasteiger partial charge on any atom is -0.497 e. The lowest BCUT2D eigenvalue weighted by molar-refractivity contribution is 0.400. The van der Waals surface area contributed by atoms with E-state index in [0.29, 0.717) is 16.5 Å². The first-order chi connectivity index (χ1) is 12.1. The first-order valence-corrected chi connectivity index (χ1v) is 8.41. The van der Waals surface area contributed by atoms with Gasteiger partial charge in [0.2, 0.25) is 5.16 Å². The molecule has 0 atom stereocenters. The SMILES string of the molecule is COc1ccc(OC)c(CSc2nnc(-c3ccccc3F)n2N)c1. The molecule has 0 radical (unpaired) electrons. The third-order valence-electron chi connectivity index (χ3n) is 3.62. The smallest absolute Gasteiger partial charge is 0.210 e. The Hall–Kier alpha value is -2.74. The molecule has 25 heavy (non-hydrogen) atoms. The lowest BCUT2D eigenvalue weighted by Crippen LogP contribution is -2.12. The molecule has 8 heteroatoms. The van der Waals surface area contributed by atoms with Crippen LogP contribution in [0.4, 0.5) is 4.39 Å². The van der Waals surface area contributed by atoms with E-state index < -0.39 is 5.82 Å². The van der Waals surface area contributed by atoms with Crippen molar-refractivity contribution in [2.75, 3.05) is 20.1 Å². The van der Waals surface area contributed by atoms with Crippen molar-refractivity contribution in [1.82, 2.24) is 14.9 Å². The number of benzene rings is 2. The number of ether oxygens (including phenoxy) is 2. The molecular formula is C17H17FN4O2S. The van der Waals surface area contributed by atoms with Crippen molar-refractivity contribution in [1.29, 1.82) is 0 Å². The molecule has 0 saturated carbocycles. The Morgan fingerprint density at radius 2 is 1.92 bits per heavy atom. The highest BCUT2D eigenvalue weighted by atomic mass is 32.2. The van der Waals surface area contributed by atoms with E-state index in [1.165, 1.54) is 22.5 Å². The van der Waals surface area contributed by atoms with Crippen LogP contribution in [-0.2, 0) is 5.75 Å². The summed E-state index contributed by atoms with van der Waals surface area (Å²) in [6.07, 6.45) is 0. The summed E-state index contributed by atoms with van der Waals surface area (Å²) >= 11 is 1.38. The largest absolute Gasteiger partial charge is 0.497 e. The predicted molar refractivity (Wildman–Crippen MR) is 94.7 cm³/mol. The topological polar surface area (TPSA) is 75.2 Å². The summed E-state index contributed by atoms with van der Waals surface area (Å²) in [7, 11) is 3.22. The highest BCUT2D eigenvalue weighted by molar-refractivity contribution is 7.98. The van der Waals surface area contributed by atoms with Crippen molar-refractivity contribution in [2.45, 2.75) is 10.9 Å². The van der Waals surface area contributed by atoms with Crippen molar-refractivity contribution in [3.8, 4) is 22.9 Å². The molecule has 0 saturated heterocycles. The van der Waals surface area contributed by atoms with Crippen molar-refractivity contribution in [3.05, 3.63) is 53.8 Å². The summed E-state index contributed by atoms with van der Waals surface area (Å²) in [4.78, 5) is 0. The molecule has 0 aliphatic rings. The van der Waals surface area contributed by atoms with Crippen molar-refractivity contribution >= 4 is 11.8 Å². The molecule has 1 heterocycles. The van der Waals surface area contributed by atoms with Gasteiger partial charge in [0, 0.05) is 11.3 Å². The second-order valence-corrected chi connectivity index (χ2v) is 6.06. The summed E-state index contributed by atoms with van der Waals surface area (Å²) in [6, 6.07) is 11.9. The number of methoxy groups -OCH3 is 2. The number of nitrogens with two attached hydrogens (primary N) is 1. The highest BCUT2D eigenvalue weighted by Gasteiger charge is 2.16. The maximum Gasteiger partial charge on any atom is 0.210 e. The Morgan fingerprint density at radius 3 is 2.64 bits per heavy atom. The molecular weight excluding hydrogens is 343 g/mol. The van der Waals surface area contributed by atoms with E-state index in [0.717, 1.165) is 17.1 Å². The number of aromatic nitrogens is 3. The average Bonchev–Trinajstić information content (AvgIpc) is 3.00. The number of halogens is 1. The zero-order valence-corrected chi connectivity index (χ0v) is 14.6. The molecule has 6 nitrogen and oxygen atoms in total. The molecule has 0 aliphatic carbocycles. The minimum atomic E-state index is -0.396. The fraction of sp³-hybridized carbons (Fsp3) is 0.176. The van der Waals surface area contributed by atoms with E-state index in [2.05, 4.69) is 10.2 Å². The van der Waals surface area contributed by atoms with Gasteiger partial charge in [0.25, 0.3) is 0 Å². The molecule has 3 rings (SSSR count). The third-order valence-corrected chi connectivity index (χ3v) is 4.62. The molecule has 0 aliphatic heterocycles. The number of hydrogen-bond donors (Lipinski definition) is 1. The van der Waals surface area contributed by atoms with Crippen molar-refractivity contribution in [2.24, 2.45) is 0 Å². The Bertz CT molecular complexity index is 885. The van der Waals surface area contributed by atoms with Gasteiger partial charge in [-0.15, -0.1) is 10.2 Å². The molecule has 3 aromatic rings. The van der Waals surface area contributed by atoms with Crippen LogP contribution in [0.15, 0.2) is 47.6 Å². The van der Waals surface area contributed by atoms with Gasteiger partial charge in [-0.05, 0) is 30.3 Å². The van der Waals surface area contributed by atoms with Crippen LogP contribution >= 0.6 is 11.8 Å². The van der Waals surface area contributed by atoms with Gasteiger partial charge in [-0.1, -0.05) is 23.9 Å². The van der Waals surface area contributed by atoms with Gasteiger partial charge in [-0.25, -0.2) is 9.07 Å². The number of nitrogens with zero attached hydrogens (tertiary/aromatic N) is 3. The predicted octanol–water partition coefficient (Wildman–Crippen LogP) is 3.11. The van der Waals surface area contributed by atoms with Gasteiger partial charge >= 0.3 is 0 Å².